The summed E-state index contributed by atoms with van der Waals surface area (Å²) in [6, 6.07) is 16.6. The normalized spacial score (nSPS) is 12.0. The summed E-state index contributed by atoms with van der Waals surface area (Å²) in [5.41, 5.74) is 2.04. The van der Waals surface area contributed by atoms with E-state index in [0.29, 0.717) is 38.0 Å². The molecule has 0 amide bonds. The largest absolute Gasteiger partial charge is 0.487 e. The van der Waals surface area contributed by atoms with Gasteiger partial charge in [-0.3, -0.25) is 0 Å². The fourth-order valence-electron chi connectivity index (χ4n) is 2.74. The predicted octanol–water partition coefficient (Wildman–Crippen LogP) is 6.31. The Balaban J connectivity index is 1.58. The Morgan fingerprint density at radius 3 is 2.48 bits per heavy atom. The van der Waals surface area contributed by atoms with Gasteiger partial charge in [0, 0.05) is 11.8 Å². The van der Waals surface area contributed by atoms with Gasteiger partial charge in [0.1, 0.15) is 28.9 Å². The quantitative estimate of drug-likeness (QED) is 0.351. The third kappa shape index (κ3) is 5.44. The van der Waals surface area contributed by atoms with Gasteiger partial charge in [-0.25, -0.2) is 14.4 Å². The van der Waals surface area contributed by atoms with Gasteiger partial charge in [0.15, 0.2) is 5.09 Å². The zero-order valence-corrected chi connectivity index (χ0v) is 18.0. The second-order valence-corrected chi connectivity index (χ2v) is 8.14. The number of nitrogens with zero attached hydrogens (tertiary/aromatic N) is 2. The highest BCUT2D eigenvalue weighted by atomic mass is 35.5. The number of aliphatic hydroxyl groups is 1. The van der Waals surface area contributed by atoms with Crippen molar-refractivity contribution < 1.29 is 18.7 Å². The lowest BCUT2D eigenvalue weighted by molar-refractivity contribution is 0.199. The number of rotatable bonds is 7. The van der Waals surface area contributed by atoms with Gasteiger partial charge >= 0.3 is 0 Å². The maximum absolute atomic E-state index is 13.3. The van der Waals surface area contributed by atoms with Crippen molar-refractivity contribution in [3.05, 3.63) is 89.0 Å². The van der Waals surface area contributed by atoms with E-state index in [-0.39, 0.29) is 12.4 Å². The molecule has 1 atom stereocenters. The molecule has 0 saturated heterocycles. The fourth-order valence-corrected chi connectivity index (χ4v) is 3.62. The molecular weight excluding hydrogens is 439 g/mol. The molecule has 0 radical (unpaired) electrons. The van der Waals surface area contributed by atoms with Crippen molar-refractivity contribution in [3.63, 3.8) is 0 Å². The maximum Gasteiger partial charge on any atom is 0.227 e. The topological polar surface area (TPSA) is 68.4 Å². The second kappa shape index (κ2) is 9.51. The summed E-state index contributed by atoms with van der Waals surface area (Å²) in [7, 11) is 0. The highest BCUT2D eigenvalue weighted by molar-refractivity contribution is 7.99. The Bertz CT molecular complexity index is 1150. The van der Waals surface area contributed by atoms with Crippen molar-refractivity contribution in [1.29, 1.82) is 0 Å². The van der Waals surface area contributed by atoms with Crippen LogP contribution >= 0.6 is 23.4 Å². The molecule has 8 heteroatoms. The van der Waals surface area contributed by atoms with Crippen molar-refractivity contribution in [2.24, 2.45) is 0 Å². The molecule has 5 nitrogen and oxygen atoms in total. The predicted molar refractivity (Wildman–Crippen MR) is 117 cm³/mol. The van der Waals surface area contributed by atoms with E-state index in [2.05, 4.69) is 9.97 Å². The lowest BCUT2D eigenvalue weighted by Gasteiger charge is -2.08. The van der Waals surface area contributed by atoms with E-state index in [9.17, 15) is 9.50 Å². The first-order valence-corrected chi connectivity index (χ1v) is 10.6. The van der Waals surface area contributed by atoms with Gasteiger partial charge in [0.05, 0.1) is 11.1 Å². The Kier molecular flexibility index (Phi) is 6.56. The zero-order chi connectivity index (χ0) is 21.8. The summed E-state index contributed by atoms with van der Waals surface area (Å²) in [5, 5.41) is 11.4. The van der Waals surface area contributed by atoms with Gasteiger partial charge in [-0.1, -0.05) is 23.7 Å². The number of hydrogen-bond acceptors (Lipinski definition) is 6. The van der Waals surface area contributed by atoms with Crippen LogP contribution in [0, 0.1) is 5.82 Å². The van der Waals surface area contributed by atoms with Crippen molar-refractivity contribution in [1.82, 2.24) is 9.97 Å². The molecule has 0 spiro atoms. The van der Waals surface area contributed by atoms with Crippen LogP contribution in [0.2, 0.25) is 5.02 Å². The van der Waals surface area contributed by atoms with E-state index in [1.54, 1.807) is 61.7 Å². The van der Waals surface area contributed by atoms with Crippen LogP contribution in [0.5, 0.6) is 5.75 Å². The number of hydrogen-bond donors (Lipinski definition) is 1. The number of ether oxygens (including phenoxy) is 1. The van der Waals surface area contributed by atoms with Crippen LogP contribution in [0.4, 0.5) is 4.39 Å². The van der Waals surface area contributed by atoms with E-state index in [1.807, 2.05) is 0 Å². The van der Waals surface area contributed by atoms with Gasteiger partial charge < -0.3 is 14.3 Å². The maximum atomic E-state index is 13.3. The highest BCUT2D eigenvalue weighted by Gasteiger charge is 2.18. The van der Waals surface area contributed by atoms with Crippen molar-refractivity contribution in [2.75, 3.05) is 0 Å². The van der Waals surface area contributed by atoms with Crippen LogP contribution in [-0.2, 0) is 6.61 Å². The molecule has 31 heavy (non-hydrogen) atoms. The molecule has 1 unspecified atom stereocenters. The van der Waals surface area contributed by atoms with Crippen LogP contribution in [0.15, 0.2) is 81.4 Å². The van der Waals surface area contributed by atoms with Gasteiger partial charge in [0.2, 0.25) is 5.89 Å². The molecule has 2 aromatic heterocycles. The van der Waals surface area contributed by atoms with Gasteiger partial charge in [-0.05, 0) is 72.8 Å². The van der Waals surface area contributed by atoms with Crippen LogP contribution in [0.25, 0.3) is 11.5 Å². The summed E-state index contributed by atoms with van der Waals surface area (Å²) in [6.07, 6.45) is 1.01. The fraction of sp³-hybridized carbons (Fsp3) is 0.130. The number of pyridine rings is 1. The average molecular weight is 457 g/mol. The molecule has 4 aromatic rings. The van der Waals surface area contributed by atoms with E-state index in [1.165, 1.54) is 23.9 Å². The molecule has 4 rings (SSSR count). The molecule has 2 aromatic carbocycles. The molecule has 0 bridgehead atoms. The van der Waals surface area contributed by atoms with Crippen LogP contribution in [-0.4, -0.2) is 15.1 Å². The van der Waals surface area contributed by atoms with E-state index < -0.39 is 6.10 Å². The number of halogens is 2. The number of aromatic nitrogens is 2. The summed E-state index contributed by atoms with van der Waals surface area (Å²) >= 11 is 7.21. The smallest absolute Gasteiger partial charge is 0.227 e. The van der Waals surface area contributed by atoms with E-state index in [0.717, 1.165) is 5.56 Å². The zero-order valence-electron chi connectivity index (χ0n) is 16.5. The molecule has 2 heterocycles. The van der Waals surface area contributed by atoms with Crippen molar-refractivity contribution >= 4 is 23.4 Å². The molecule has 0 aliphatic rings. The monoisotopic (exact) mass is 456 g/mol. The standard InChI is InChI=1S/C23H18ClFN2O3S/c1-14(28)15-4-9-19(10-5-15)29-13-20-23(31-21-11-6-17(24)12-26-21)30-22(27-20)16-2-7-18(25)8-3-16/h2-12,14,28H,13H2,1H3. The second-order valence-electron chi connectivity index (χ2n) is 6.71. The van der Waals surface area contributed by atoms with Gasteiger partial charge in [-0.2, -0.15) is 0 Å². The SMILES string of the molecule is CC(O)c1ccc(OCc2nc(-c3ccc(F)cc3)oc2Sc2ccc(Cl)cn2)cc1. The number of benzene rings is 2. The van der Waals surface area contributed by atoms with Crippen LogP contribution in [0.3, 0.4) is 0 Å². The Labute approximate surface area is 187 Å². The summed E-state index contributed by atoms with van der Waals surface area (Å²) in [6.45, 7) is 1.87. The van der Waals surface area contributed by atoms with E-state index in [4.69, 9.17) is 20.8 Å². The van der Waals surface area contributed by atoms with Gasteiger partial charge in [0.25, 0.3) is 0 Å². The first-order valence-electron chi connectivity index (χ1n) is 9.44. The third-order valence-corrected chi connectivity index (χ3v) is 5.57. The minimum absolute atomic E-state index is 0.161. The molecule has 1 N–H and O–H groups in total. The molecule has 0 aliphatic carbocycles. The first kappa shape index (κ1) is 21.4. The Morgan fingerprint density at radius 1 is 1.10 bits per heavy atom. The summed E-state index contributed by atoms with van der Waals surface area (Å²) < 4.78 is 25.1. The molecular formula is C23H18ClFN2O3S. The summed E-state index contributed by atoms with van der Waals surface area (Å²) in [5.74, 6) is 0.662. The first-order chi connectivity index (χ1) is 15.0. The number of oxazole rings is 1. The Hall–Kier alpha value is -2.87. The Morgan fingerprint density at radius 2 is 1.84 bits per heavy atom. The lowest BCUT2D eigenvalue weighted by atomic mass is 10.1. The van der Waals surface area contributed by atoms with Crippen molar-refractivity contribution in [3.8, 4) is 17.2 Å². The minimum atomic E-state index is -0.544. The molecule has 0 fully saturated rings. The average Bonchev–Trinajstić information content (AvgIpc) is 3.17. The highest BCUT2D eigenvalue weighted by Crippen LogP contribution is 2.34. The molecule has 0 saturated carbocycles. The van der Waals surface area contributed by atoms with E-state index >= 15 is 0 Å². The molecule has 158 valence electrons. The summed E-state index contributed by atoms with van der Waals surface area (Å²) in [4.78, 5) is 8.84. The van der Waals surface area contributed by atoms with Crippen LogP contribution in [0.1, 0.15) is 24.3 Å². The van der Waals surface area contributed by atoms with Crippen molar-refractivity contribution in [2.45, 2.75) is 29.8 Å². The minimum Gasteiger partial charge on any atom is -0.487 e. The van der Waals surface area contributed by atoms with Crippen LogP contribution < -0.4 is 4.74 Å². The molecule has 0 aliphatic heterocycles. The van der Waals surface area contributed by atoms with Gasteiger partial charge in [-0.15, -0.1) is 0 Å². The lowest BCUT2D eigenvalue weighted by Crippen LogP contribution is -1.98. The number of aliphatic hydroxyl groups excluding tert-OH is 1. The third-order valence-electron chi connectivity index (χ3n) is 4.39.